The minimum atomic E-state index is 1.20. The Morgan fingerprint density at radius 2 is 1.36 bits per heavy atom. The minimum absolute atomic E-state index is 1.20. The maximum atomic E-state index is 3.53. The van der Waals surface area contributed by atoms with Crippen molar-refractivity contribution in [2.45, 2.75) is 0 Å². The van der Waals surface area contributed by atoms with Crippen molar-refractivity contribution in [3.05, 3.63) is 30.8 Å². The summed E-state index contributed by atoms with van der Waals surface area (Å²) in [6.45, 7) is 0. The number of thiophene rings is 2. The Bertz CT molecular complexity index is 505. The average Bonchev–Trinajstić information content (AvgIpc) is 2.71. The van der Waals surface area contributed by atoms with Gasteiger partial charge in [0, 0.05) is 0 Å². The number of rotatable bonds is 0. The first-order valence-electron chi connectivity index (χ1n) is 3.80. The molecule has 1 aliphatic rings. The zero-order valence-electron chi connectivity index (χ0n) is 6.64. The summed E-state index contributed by atoms with van der Waals surface area (Å²) >= 11 is 13.8. The Hall–Kier alpha value is 0.749. The van der Waals surface area contributed by atoms with E-state index >= 15 is 0 Å². The van der Waals surface area contributed by atoms with Crippen LogP contribution in [-0.4, -0.2) is 20.0 Å². The van der Waals surface area contributed by atoms with Crippen LogP contribution in [0.25, 0.3) is 9.75 Å². The van der Waals surface area contributed by atoms with Gasteiger partial charge in [-0.3, -0.25) is 0 Å². The van der Waals surface area contributed by atoms with E-state index in [1.165, 1.54) is 32.9 Å². The van der Waals surface area contributed by atoms with Gasteiger partial charge in [0.2, 0.25) is 0 Å². The predicted octanol–water partition coefficient (Wildman–Crippen LogP) is 4.05. The van der Waals surface area contributed by atoms with Crippen molar-refractivity contribution < 1.29 is 0 Å². The molecule has 0 nitrogen and oxygen atoms in total. The zero-order valence-corrected chi connectivity index (χ0v) is 13.2. The molecule has 0 atom stereocenters. The molecule has 0 radical (unpaired) electrons. The van der Waals surface area contributed by atoms with E-state index in [1.807, 2.05) is 0 Å². The van der Waals surface area contributed by atoms with Crippen molar-refractivity contribution in [3.8, 4) is 9.75 Å². The molecule has 0 amide bonds. The van der Waals surface area contributed by atoms with Gasteiger partial charge in [-0.1, -0.05) is 0 Å². The number of hydrogen-bond acceptors (Lipinski definition) is 2. The monoisotopic (exact) mass is 412 g/mol. The van der Waals surface area contributed by atoms with Gasteiger partial charge in [-0.15, -0.1) is 0 Å². The fourth-order valence-electron chi connectivity index (χ4n) is 1.54. The Balaban J connectivity index is 2.37. The average molecular weight is 413 g/mol. The topological polar surface area (TPSA) is 0 Å². The fourth-order valence-corrected chi connectivity index (χ4v) is 5.88. The van der Waals surface area contributed by atoms with E-state index in [9.17, 15) is 0 Å². The van der Waals surface area contributed by atoms with Gasteiger partial charge in [-0.05, 0) is 0 Å². The Morgan fingerprint density at radius 1 is 0.929 bits per heavy atom. The van der Waals surface area contributed by atoms with Crippen molar-refractivity contribution in [2.75, 3.05) is 0 Å². The van der Waals surface area contributed by atoms with Gasteiger partial charge in [-0.25, -0.2) is 0 Å². The fraction of sp³-hybridized carbons (Fsp3) is 0. The maximum absolute atomic E-state index is 3.53. The first-order valence-corrected chi connectivity index (χ1v) is 7.88. The second-order valence-electron chi connectivity index (χ2n) is 2.92. The molecule has 2 heterocycles. The molecule has 0 saturated heterocycles. The summed E-state index contributed by atoms with van der Waals surface area (Å²) in [4.78, 5) is 2.77. The zero-order chi connectivity index (χ0) is 9.87. The first kappa shape index (κ1) is 9.94. The van der Waals surface area contributed by atoms with E-state index in [0.717, 1.165) is 0 Å². The molecule has 0 spiro atoms. The molecule has 2 aromatic heterocycles. The second kappa shape index (κ2) is 3.37. The van der Waals surface area contributed by atoms with E-state index in [4.69, 9.17) is 0 Å². The van der Waals surface area contributed by atoms with Gasteiger partial charge in [0.05, 0.1) is 0 Å². The summed E-state index contributed by atoms with van der Waals surface area (Å²) in [5.41, 5.74) is 2.69. The van der Waals surface area contributed by atoms with Crippen LogP contribution in [0.3, 0.4) is 0 Å². The molecule has 0 fully saturated rings. The molecule has 0 aliphatic heterocycles. The van der Waals surface area contributed by atoms with E-state index in [-0.39, 0.29) is 0 Å². The van der Waals surface area contributed by atoms with Crippen LogP contribution in [0.1, 0.15) is 11.1 Å². The summed E-state index contributed by atoms with van der Waals surface area (Å²) < 4.78 is 3.68. The van der Waals surface area contributed by atoms with Crippen LogP contribution >= 0.6 is 54.5 Å². The van der Waals surface area contributed by atoms with Crippen molar-refractivity contribution in [1.82, 2.24) is 0 Å². The van der Waals surface area contributed by atoms with Crippen LogP contribution in [0.15, 0.2) is 19.7 Å². The Kier molecular flexibility index (Phi) is 2.39. The third-order valence-corrected chi connectivity index (χ3v) is 6.46. The normalized spacial score (nSPS) is 13.1. The van der Waals surface area contributed by atoms with Crippen LogP contribution in [0.4, 0.5) is 0 Å². The van der Waals surface area contributed by atoms with Crippen molar-refractivity contribution in [2.24, 2.45) is 0 Å². The third kappa shape index (κ3) is 1.30. The molecule has 1 aliphatic carbocycles. The molecule has 0 unspecified atom stereocenters. The number of halogens is 2. The summed E-state index contributed by atoms with van der Waals surface area (Å²) in [5, 5.41) is 0. The summed E-state index contributed by atoms with van der Waals surface area (Å²) in [7, 11) is 0. The van der Waals surface area contributed by atoms with Crippen molar-refractivity contribution in [1.29, 1.82) is 0 Å². The van der Waals surface area contributed by atoms with Crippen LogP contribution in [0.2, 0.25) is 0 Å². The van der Waals surface area contributed by atoms with E-state index in [2.05, 4.69) is 59.6 Å². The van der Waals surface area contributed by atoms with Gasteiger partial charge in [0.15, 0.2) is 0 Å². The van der Waals surface area contributed by atoms with E-state index < -0.39 is 0 Å². The van der Waals surface area contributed by atoms with Gasteiger partial charge < -0.3 is 0 Å². The Labute approximate surface area is 114 Å². The van der Waals surface area contributed by atoms with Crippen LogP contribution < -0.4 is 0 Å². The standard InChI is InChI=1S/C9H2Br2S2Se/c10-5-1-3-7(12-5)8-4(9(3)14)2-6(11)13-8/h1-2H. The summed E-state index contributed by atoms with van der Waals surface area (Å²) in [6.07, 6.45) is 0. The molecule has 3 rings (SSSR count). The molecular weight excluding hydrogens is 411 g/mol. The Morgan fingerprint density at radius 3 is 1.79 bits per heavy atom. The molecule has 0 bridgehead atoms. The van der Waals surface area contributed by atoms with Gasteiger partial charge >= 0.3 is 115 Å². The van der Waals surface area contributed by atoms with Crippen LogP contribution in [0.5, 0.6) is 0 Å². The molecule has 5 heteroatoms. The molecular formula is C9H2Br2S2Se. The summed E-state index contributed by atoms with van der Waals surface area (Å²) in [5.74, 6) is 0. The van der Waals surface area contributed by atoms with Gasteiger partial charge in [-0.2, -0.15) is 0 Å². The van der Waals surface area contributed by atoms with Crippen molar-refractivity contribution in [3.63, 3.8) is 0 Å². The second-order valence-corrected chi connectivity index (χ2v) is 8.64. The van der Waals surface area contributed by atoms with Crippen LogP contribution in [0, 0.1) is 0 Å². The molecule has 14 heavy (non-hydrogen) atoms. The number of hydrogen-bond donors (Lipinski definition) is 0. The number of fused-ring (bicyclic) bond motifs is 3. The molecule has 0 saturated carbocycles. The molecule has 70 valence electrons. The van der Waals surface area contributed by atoms with Gasteiger partial charge in [0.25, 0.3) is 0 Å². The molecule has 0 N–H and O–H groups in total. The molecule has 2 aromatic rings. The molecule has 0 aromatic carbocycles. The van der Waals surface area contributed by atoms with E-state index in [1.54, 1.807) is 22.7 Å². The van der Waals surface area contributed by atoms with E-state index in [0.29, 0.717) is 0 Å². The SMILES string of the molecule is [Se]=C1c2cc(Br)sc2-c2sc(Br)cc21. The van der Waals surface area contributed by atoms with Crippen molar-refractivity contribution >= 4 is 74.5 Å². The third-order valence-electron chi connectivity index (χ3n) is 2.10. The van der Waals surface area contributed by atoms with Gasteiger partial charge in [0.1, 0.15) is 0 Å². The quantitative estimate of drug-likeness (QED) is 0.488. The van der Waals surface area contributed by atoms with Crippen LogP contribution in [-0.2, 0) is 0 Å². The predicted molar refractivity (Wildman–Crippen MR) is 72.0 cm³/mol. The summed E-state index contributed by atoms with van der Waals surface area (Å²) in [6, 6.07) is 4.37. The first-order chi connectivity index (χ1) is 6.66.